The van der Waals surface area contributed by atoms with Crippen LogP contribution in [0, 0.1) is 12.3 Å². The quantitative estimate of drug-likeness (QED) is 0.836. The maximum atomic E-state index is 10.4. The van der Waals surface area contributed by atoms with E-state index in [1.807, 2.05) is 0 Å². The summed E-state index contributed by atoms with van der Waals surface area (Å²) in [6.45, 7) is 6.77. The number of aliphatic hydroxyl groups excluding tert-OH is 1. The van der Waals surface area contributed by atoms with Crippen LogP contribution < -0.4 is 0 Å². The largest absolute Gasteiger partial charge is 0.392 e. The van der Waals surface area contributed by atoms with E-state index >= 15 is 0 Å². The third-order valence-electron chi connectivity index (χ3n) is 5.18. The number of hydrogen-bond acceptors (Lipinski definition) is 1. The summed E-state index contributed by atoms with van der Waals surface area (Å²) in [5.41, 5.74) is 3.13. The molecule has 1 N–H and O–H groups in total. The lowest BCUT2D eigenvalue weighted by atomic mass is 9.64. The average Bonchev–Trinajstić information content (AvgIpc) is 2.41. The van der Waals surface area contributed by atoms with Gasteiger partial charge in [0.15, 0.2) is 0 Å². The number of hydrogen-bond donors (Lipinski definition) is 1. The molecule has 0 unspecified atom stereocenters. The predicted molar refractivity (Wildman–Crippen MR) is 76.8 cm³/mol. The normalized spacial score (nSPS) is 27.1. The van der Waals surface area contributed by atoms with Crippen molar-refractivity contribution in [3.8, 4) is 0 Å². The molecule has 100 valence electrons. The molecule has 0 saturated heterocycles. The van der Waals surface area contributed by atoms with E-state index in [-0.39, 0.29) is 6.10 Å². The highest BCUT2D eigenvalue weighted by atomic mass is 16.3. The number of aliphatic hydroxyl groups is 1. The molecule has 1 nitrogen and oxygen atoms in total. The molecule has 18 heavy (non-hydrogen) atoms. The fourth-order valence-electron chi connectivity index (χ4n) is 3.57. The molecule has 0 radical (unpaired) electrons. The first kappa shape index (κ1) is 13.6. The van der Waals surface area contributed by atoms with E-state index < -0.39 is 0 Å². The van der Waals surface area contributed by atoms with Crippen LogP contribution in [0.3, 0.4) is 0 Å². The van der Waals surface area contributed by atoms with Crippen LogP contribution in [0.4, 0.5) is 0 Å². The third kappa shape index (κ3) is 2.47. The number of aryl methyl sites for hydroxylation is 1. The van der Waals surface area contributed by atoms with Crippen molar-refractivity contribution in [2.24, 2.45) is 5.41 Å². The molecule has 2 rings (SSSR count). The first-order valence-electron chi connectivity index (χ1n) is 7.35. The Labute approximate surface area is 111 Å². The van der Waals surface area contributed by atoms with E-state index in [4.69, 9.17) is 0 Å². The summed E-state index contributed by atoms with van der Waals surface area (Å²) in [6.07, 6.45) is 5.60. The van der Waals surface area contributed by atoms with E-state index in [2.05, 4.69) is 45.0 Å². The van der Waals surface area contributed by atoms with Gasteiger partial charge in [-0.1, -0.05) is 51.0 Å². The maximum Gasteiger partial charge on any atom is 0.0609 e. The molecule has 2 atom stereocenters. The standard InChI is InChI=1S/C17H26O/c1-4-17(5-2)11-10-16(18)15(12-17)14-9-7-6-8-13(14)3/h6-9,15-16,18H,4-5,10-12H2,1-3H3/t15-,16+/m1/s1. The van der Waals surface area contributed by atoms with E-state index in [1.165, 1.54) is 30.4 Å². The van der Waals surface area contributed by atoms with Gasteiger partial charge in [0.1, 0.15) is 0 Å². The topological polar surface area (TPSA) is 20.2 Å². The second-order valence-electron chi connectivity index (χ2n) is 5.98. The smallest absolute Gasteiger partial charge is 0.0609 e. The Morgan fingerprint density at radius 1 is 1.22 bits per heavy atom. The summed E-state index contributed by atoms with van der Waals surface area (Å²) in [7, 11) is 0. The SMILES string of the molecule is CCC1(CC)CC[C@H](O)[C@@H](c2ccccc2C)C1. The Balaban J connectivity index is 2.28. The summed E-state index contributed by atoms with van der Waals surface area (Å²) < 4.78 is 0. The average molecular weight is 246 g/mol. The van der Waals surface area contributed by atoms with Crippen molar-refractivity contribution in [2.45, 2.75) is 64.9 Å². The molecule has 1 saturated carbocycles. The zero-order valence-corrected chi connectivity index (χ0v) is 11.9. The van der Waals surface area contributed by atoms with Crippen LogP contribution in [0.15, 0.2) is 24.3 Å². The zero-order chi connectivity index (χ0) is 13.2. The lowest BCUT2D eigenvalue weighted by Gasteiger charge is -2.43. The van der Waals surface area contributed by atoms with Crippen molar-refractivity contribution in [2.75, 3.05) is 0 Å². The molecule has 1 fully saturated rings. The van der Waals surface area contributed by atoms with E-state index in [9.17, 15) is 5.11 Å². The van der Waals surface area contributed by atoms with E-state index in [0.717, 1.165) is 12.8 Å². The highest BCUT2D eigenvalue weighted by Gasteiger charge is 2.38. The first-order chi connectivity index (χ1) is 8.62. The lowest BCUT2D eigenvalue weighted by Crippen LogP contribution is -2.35. The number of benzene rings is 1. The molecule has 0 amide bonds. The summed E-state index contributed by atoms with van der Waals surface area (Å²) in [4.78, 5) is 0. The van der Waals surface area contributed by atoms with Crippen LogP contribution >= 0.6 is 0 Å². The second-order valence-corrected chi connectivity index (χ2v) is 5.98. The van der Waals surface area contributed by atoms with Gasteiger partial charge in [-0.2, -0.15) is 0 Å². The summed E-state index contributed by atoms with van der Waals surface area (Å²) in [5.74, 6) is 0.333. The van der Waals surface area contributed by atoms with Gasteiger partial charge in [0.2, 0.25) is 0 Å². The molecule has 1 aliphatic carbocycles. The monoisotopic (exact) mass is 246 g/mol. The van der Waals surface area contributed by atoms with Crippen LogP contribution in [0.25, 0.3) is 0 Å². The van der Waals surface area contributed by atoms with Crippen LogP contribution in [0.5, 0.6) is 0 Å². The molecule has 1 aromatic carbocycles. The van der Waals surface area contributed by atoms with Gasteiger partial charge in [-0.3, -0.25) is 0 Å². The lowest BCUT2D eigenvalue weighted by molar-refractivity contribution is 0.0356. The van der Waals surface area contributed by atoms with Crippen molar-refractivity contribution < 1.29 is 5.11 Å². The molecule has 0 heterocycles. The fourth-order valence-corrected chi connectivity index (χ4v) is 3.57. The summed E-state index contributed by atoms with van der Waals surface area (Å²) in [6, 6.07) is 8.55. The summed E-state index contributed by atoms with van der Waals surface area (Å²) in [5, 5.41) is 10.4. The van der Waals surface area contributed by atoms with E-state index in [0.29, 0.717) is 11.3 Å². The minimum Gasteiger partial charge on any atom is -0.392 e. The van der Waals surface area contributed by atoms with Gasteiger partial charge in [-0.25, -0.2) is 0 Å². The maximum absolute atomic E-state index is 10.4. The van der Waals surface area contributed by atoms with Crippen molar-refractivity contribution >= 4 is 0 Å². The Kier molecular flexibility index (Phi) is 4.11. The van der Waals surface area contributed by atoms with Crippen LogP contribution in [0.2, 0.25) is 0 Å². The van der Waals surface area contributed by atoms with Gasteiger partial charge in [0.25, 0.3) is 0 Å². The third-order valence-corrected chi connectivity index (χ3v) is 5.18. The molecular weight excluding hydrogens is 220 g/mol. The van der Waals surface area contributed by atoms with Crippen molar-refractivity contribution in [1.29, 1.82) is 0 Å². The minimum atomic E-state index is -0.155. The van der Waals surface area contributed by atoms with Gasteiger partial charge >= 0.3 is 0 Å². The van der Waals surface area contributed by atoms with Crippen molar-refractivity contribution in [1.82, 2.24) is 0 Å². The Hall–Kier alpha value is -0.820. The molecule has 1 aromatic rings. The van der Waals surface area contributed by atoms with E-state index in [1.54, 1.807) is 0 Å². The summed E-state index contributed by atoms with van der Waals surface area (Å²) >= 11 is 0. The zero-order valence-electron chi connectivity index (χ0n) is 11.9. The highest BCUT2D eigenvalue weighted by molar-refractivity contribution is 5.30. The molecule has 0 aliphatic heterocycles. The van der Waals surface area contributed by atoms with Crippen LogP contribution in [-0.2, 0) is 0 Å². The van der Waals surface area contributed by atoms with Gasteiger partial charge in [-0.15, -0.1) is 0 Å². The highest BCUT2D eigenvalue weighted by Crippen LogP contribution is 2.48. The molecule has 0 bridgehead atoms. The van der Waals surface area contributed by atoms with Crippen molar-refractivity contribution in [3.63, 3.8) is 0 Å². The molecule has 1 heteroatoms. The van der Waals surface area contributed by atoms with Crippen LogP contribution in [-0.4, -0.2) is 11.2 Å². The number of rotatable bonds is 3. The molecule has 1 aliphatic rings. The van der Waals surface area contributed by atoms with Gasteiger partial charge < -0.3 is 5.11 Å². The molecule has 0 spiro atoms. The first-order valence-corrected chi connectivity index (χ1v) is 7.35. The predicted octanol–water partition coefficient (Wildman–Crippen LogP) is 4.43. The Morgan fingerprint density at radius 3 is 2.50 bits per heavy atom. The van der Waals surface area contributed by atoms with Gasteiger partial charge in [0.05, 0.1) is 6.10 Å². The Morgan fingerprint density at radius 2 is 1.89 bits per heavy atom. The van der Waals surface area contributed by atoms with Gasteiger partial charge in [0, 0.05) is 5.92 Å². The molecule has 0 aromatic heterocycles. The van der Waals surface area contributed by atoms with Crippen LogP contribution in [0.1, 0.15) is 63.0 Å². The second kappa shape index (κ2) is 5.44. The minimum absolute atomic E-state index is 0.155. The molecular formula is C17H26O. The Bertz CT molecular complexity index is 392. The van der Waals surface area contributed by atoms with Gasteiger partial charge in [-0.05, 0) is 42.7 Å². The van der Waals surface area contributed by atoms with Crippen molar-refractivity contribution in [3.05, 3.63) is 35.4 Å². The fraction of sp³-hybridized carbons (Fsp3) is 0.647.